The first-order valence-corrected chi connectivity index (χ1v) is 14.7. The molecule has 0 spiro atoms. The van der Waals surface area contributed by atoms with Crippen molar-refractivity contribution in [2.45, 2.75) is 18.5 Å². The van der Waals surface area contributed by atoms with Crippen LogP contribution in [0.1, 0.15) is 40.8 Å². The molecule has 0 radical (unpaired) electrons. The lowest BCUT2D eigenvalue weighted by molar-refractivity contribution is 0.409. The van der Waals surface area contributed by atoms with Gasteiger partial charge < -0.3 is 16.0 Å². The van der Waals surface area contributed by atoms with Crippen LogP contribution in [0.25, 0.3) is 21.9 Å². The zero-order valence-electron chi connectivity index (χ0n) is 23.5. The minimum absolute atomic E-state index is 0.0578. The molecule has 8 rings (SSSR count). The van der Waals surface area contributed by atoms with Crippen molar-refractivity contribution in [3.63, 3.8) is 0 Å². The molecular formula is C38H31N5. The van der Waals surface area contributed by atoms with Crippen molar-refractivity contribution in [3.05, 3.63) is 168 Å². The molecule has 6 aromatic rings. The summed E-state index contributed by atoms with van der Waals surface area (Å²) >= 11 is 0. The van der Waals surface area contributed by atoms with E-state index in [0.717, 1.165) is 28.3 Å². The van der Waals surface area contributed by atoms with Gasteiger partial charge in [0.2, 0.25) is 0 Å². The van der Waals surface area contributed by atoms with E-state index in [2.05, 4.69) is 155 Å². The maximum atomic E-state index is 5.20. The molecule has 2 aliphatic rings. The van der Waals surface area contributed by atoms with Crippen LogP contribution < -0.4 is 21.3 Å². The Labute approximate surface area is 251 Å². The number of benzene rings is 6. The normalized spacial score (nSPS) is 17.8. The maximum Gasteiger partial charge on any atom is 0.131 e. The zero-order chi connectivity index (χ0) is 28.6. The van der Waals surface area contributed by atoms with Crippen molar-refractivity contribution in [2.24, 2.45) is 4.99 Å². The van der Waals surface area contributed by atoms with Gasteiger partial charge in [-0.05, 0) is 62.9 Å². The fourth-order valence-corrected chi connectivity index (χ4v) is 6.14. The number of hydrogen-bond acceptors (Lipinski definition) is 5. The summed E-state index contributed by atoms with van der Waals surface area (Å²) in [6, 6.07) is 51.3. The van der Waals surface area contributed by atoms with Gasteiger partial charge in [-0.15, -0.1) is 0 Å². The minimum Gasteiger partial charge on any atom is -0.360 e. The number of aliphatic imine (C=N–C) groups is 1. The fraction of sp³-hybridized carbons (Fsp3) is 0.0789. The molecule has 5 nitrogen and oxygen atoms in total. The highest BCUT2D eigenvalue weighted by Gasteiger charge is 2.27. The molecule has 43 heavy (non-hydrogen) atoms. The number of para-hydroxylation sites is 2. The highest BCUT2D eigenvalue weighted by molar-refractivity contribution is 5.99. The molecule has 0 saturated heterocycles. The third kappa shape index (κ3) is 4.90. The fourth-order valence-electron chi connectivity index (χ4n) is 6.14. The molecule has 208 valence electrons. The van der Waals surface area contributed by atoms with Crippen molar-refractivity contribution in [3.8, 4) is 11.1 Å². The van der Waals surface area contributed by atoms with Gasteiger partial charge in [0.1, 0.15) is 24.3 Å². The smallest absolute Gasteiger partial charge is 0.131 e. The Balaban J connectivity index is 1.14. The van der Waals surface area contributed by atoms with Crippen LogP contribution in [-0.4, -0.2) is 5.84 Å². The Morgan fingerprint density at radius 2 is 1.12 bits per heavy atom. The van der Waals surface area contributed by atoms with E-state index >= 15 is 0 Å². The summed E-state index contributed by atoms with van der Waals surface area (Å²) < 4.78 is 0. The molecule has 0 aromatic heterocycles. The average Bonchev–Trinajstić information content (AvgIpc) is 3.53. The van der Waals surface area contributed by atoms with E-state index in [1.807, 2.05) is 12.1 Å². The van der Waals surface area contributed by atoms with Crippen molar-refractivity contribution < 1.29 is 0 Å². The second kappa shape index (κ2) is 10.8. The molecule has 4 N–H and O–H groups in total. The van der Waals surface area contributed by atoms with Crippen molar-refractivity contribution in [2.75, 3.05) is 10.6 Å². The molecule has 2 heterocycles. The Kier molecular flexibility index (Phi) is 6.35. The van der Waals surface area contributed by atoms with E-state index in [-0.39, 0.29) is 18.5 Å². The van der Waals surface area contributed by atoms with Crippen LogP contribution in [-0.2, 0) is 0 Å². The molecule has 0 amide bonds. The van der Waals surface area contributed by atoms with Gasteiger partial charge in [0, 0.05) is 5.56 Å². The molecule has 2 atom stereocenters. The summed E-state index contributed by atoms with van der Waals surface area (Å²) in [5.41, 5.74) is 9.22. The second-order valence-electron chi connectivity index (χ2n) is 11.1. The lowest BCUT2D eigenvalue weighted by Crippen LogP contribution is -2.45. The van der Waals surface area contributed by atoms with Crippen LogP contribution in [0.15, 0.2) is 151 Å². The first-order chi connectivity index (χ1) is 21.3. The largest absolute Gasteiger partial charge is 0.360 e. The lowest BCUT2D eigenvalue weighted by Gasteiger charge is -2.33. The number of amidine groups is 1. The number of nitrogens with one attached hydrogen (secondary N) is 4. The van der Waals surface area contributed by atoms with Crippen LogP contribution in [0.5, 0.6) is 0 Å². The first kappa shape index (κ1) is 25.3. The van der Waals surface area contributed by atoms with E-state index in [0.29, 0.717) is 0 Å². The van der Waals surface area contributed by atoms with E-state index in [4.69, 9.17) is 4.99 Å². The summed E-state index contributed by atoms with van der Waals surface area (Å²) in [5.74, 6) is 0.885. The zero-order valence-corrected chi connectivity index (χ0v) is 23.5. The molecule has 2 aliphatic heterocycles. The number of hydrogen-bond donors (Lipinski definition) is 4. The highest BCUT2D eigenvalue weighted by atomic mass is 15.3. The van der Waals surface area contributed by atoms with Crippen LogP contribution in [0.2, 0.25) is 0 Å². The molecule has 0 fully saturated rings. The van der Waals surface area contributed by atoms with Crippen LogP contribution in [0.3, 0.4) is 0 Å². The first-order valence-electron chi connectivity index (χ1n) is 14.7. The van der Waals surface area contributed by atoms with Gasteiger partial charge in [0.15, 0.2) is 0 Å². The third-order valence-corrected chi connectivity index (χ3v) is 8.33. The molecule has 6 aromatic carbocycles. The van der Waals surface area contributed by atoms with Crippen molar-refractivity contribution >= 4 is 28.0 Å². The summed E-state index contributed by atoms with van der Waals surface area (Å²) in [6.45, 7) is 0. The van der Waals surface area contributed by atoms with E-state index in [9.17, 15) is 0 Å². The average molecular weight is 558 g/mol. The van der Waals surface area contributed by atoms with Gasteiger partial charge in [0.25, 0.3) is 0 Å². The number of anilines is 2. The van der Waals surface area contributed by atoms with Gasteiger partial charge >= 0.3 is 0 Å². The number of rotatable bonds is 5. The van der Waals surface area contributed by atoms with E-state index in [1.165, 1.54) is 33.0 Å². The Morgan fingerprint density at radius 1 is 0.465 bits per heavy atom. The van der Waals surface area contributed by atoms with Crippen LogP contribution in [0.4, 0.5) is 11.4 Å². The monoisotopic (exact) mass is 557 g/mol. The van der Waals surface area contributed by atoms with Gasteiger partial charge in [0.05, 0.1) is 11.4 Å². The SMILES string of the molecule is c1ccc(C2=NC(c3ccccc3-c3ccc4cc(C5Nc6ccccc6N5)ccc4c3)NC(c3ccccc3)N2)cc1. The lowest BCUT2D eigenvalue weighted by atomic mass is 9.94. The van der Waals surface area contributed by atoms with Gasteiger partial charge in [-0.3, -0.25) is 5.32 Å². The molecule has 0 aliphatic carbocycles. The van der Waals surface area contributed by atoms with Gasteiger partial charge in [-0.25, -0.2) is 4.99 Å². The van der Waals surface area contributed by atoms with Crippen LogP contribution in [0, 0.1) is 0 Å². The summed E-state index contributed by atoms with van der Waals surface area (Å²) in [7, 11) is 0. The standard InChI is InChI=1S/C38H31N5/c1-3-11-25(12-4-1)35-41-36(26-13-5-2-6-14-26)43-38(42-35)32-16-8-7-15-31(32)29-21-19-28-24-30(22-20-27(28)23-29)37-39-33-17-9-10-18-34(33)40-37/h1-24,35,37-40,42H,(H,41,43). The predicted molar refractivity (Wildman–Crippen MR) is 177 cm³/mol. The maximum absolute atomic E-state index is 5.20. The van der Waals surface area contributed by atoms with E-state index < -0.39 is 0 Å². The Morgan fingerprint density at radius 3 is 1.91 bits per heavy atom. The topological polar surface area (TPSA) is 60.5 Å². The van der Waals surface area contributed by atoms with Crippen molar-refractivity contribution in [1.82, 2.24) is 10.6 Å². The Hall–Kier alpha value is -5.39. The minimum atomic E-state index is -0.225. The molecule has 0 bridgehead atoms. The van der Waals surface area contributed by atoms with E-state index in [1.54, 1.807) is 0 Å². The predicted octanol–water partition coefficient (Wildman–Crippen LogP) is 8.38. The molecular weight excluding hydrogens is 526 g/mol. The number of fused-ring (bicyclic) bond motifs is 2. The van der Waals surface area contributed by atoms with Crippen LogP contribution >= 0.6 is 0 Å². The highest BCUT2D eigenvalue weighted by Crippen LogP contribution is 2.37. The second-order valence-corrected chi connectivity index (χ2v) is 11.1. The number of nitrogens with zero attached hydrogens (tertiary/aromatic N) is 1. The van der Waals surface area contributed by atoms with Gasteiger partial charge in [-0.1, -0.05) is 121 Å². The summed E-state index contributed by atoms with van der Waals surface area (Å²) in [4.78, 5) is 5.20. The molecule has 5 heteroatoms. The summed E-state index contributed by atoms with van der Waals surface area (Å²) in [5, 5.41) is 17.0. The Bertz CT molecular complexity index is 1930. The summed E-state index contributed by atoms with van der Waals surface area (Å²) in [6.07, 6.45) is -0.245. The van der Waals surface area contributed by atoms with Gasteiger partial charge in [-0.2, -0.15) is 0 Å². The quantitative estimate of drug-likeness (QED) is 0.172. The molecule has 2 unspecified atom stereocenters. The third-order valence-electron chi connectivity index (χ3n) is 8.33. The van der Waals surface area contributed by atoms with Crippen molar-refractivity contribution in [1.29, 1.82) is 0 Å². The molecule has 0 saturated carbocycles.